The molecule has 1 atom stereocenters. The summed E-state index contributed by atoms with van der Waals surface area (Å²) >= 11 is 11.0. The van der Waals surface area contributed by atoms with Gasteiger partial charge in [0.1, 0.15) is 5.82 Å². The van der Waals surface area contributed by atoms with Gasteiger partial charge in [-0.2, -0.15) is 12.6 Å². The highest BCUT2D eigenvalue weighted by molar-refractivity contribution is 9.11. The molecule has 1 fully saturated rings. The number of anilines is 1. The summed E-state index contributed by atoms with van der Waals surface area (Å²) in [6.45, 7) is 0.704. The average Bonchev–Trinajstić information content (AvgIpc) is 2.60. The van der Waals surface area contributed by atoms with Gasteiger partial charge in [0, 0.05) is 23.6 Å². The molecule has 86 valence electrons. The van der Waals surface area contributed by atoms with Crippen LogP contribution in [0.5, 0.6) is 0 Å². The van der Waals surface area contributed by atoms with Crippen molar-refractivity contribution in [1.29, 1.82) is 0 Å². The van der Waals surface area contributed by atoms with Gasteiger partial charge in [0.25, 0.3) is 0 Å². The predicted molar refractivity (Wildman–Crippen MR) is 74.0 cm³/mol. The summed E-state index contributed by atoms with van der Waals surface area (Å²) < 4.78 is 1.72. The maximum absolute atomic E-state index is 11.8. The molecule has 1 aliphatic rings. The van der Waals surface area contributed by atoms with Gasteiger partial charge in [-0.3, -0.25) is 9.69 Å². The van der Waals surface area contributed by atoms with Crippen molar-refractivity contribution in [3.63, 3.8) is 0 Å². The minimum Gasteiger partial charge on any atom is -0.296 e. The van der Waals surface area contributed by atoms with Gasteiger partial charge in [-0.1, -0.05) is 0 Å². The number of nitrogens with zero attached hydrogens (tertiary/aromatic N) is 2. The molecule has 6 heteroatoms. The van der Waals surface area contributed by atoms with Crippen LogP contribution in [0.2, 0.25) is 0 Å². The van der Waals surface area contributed by atoms with E-state index in [1.54, 1.807) is 11.1 Å². The molecule has 1 aromatic rings. The lowest BCUT2D eigenvalue weighted by molar-refractivity contribution is -0.117. The fourth-order valence-electron chi connectivity index (χ4n) is 1.71. The lowest BCUT2D eigenvalue weighted by atomic mass is 10.1. The zero-order valence-electron chi connectivity index (χ0n) is 8.36. The van der Waals surface area contributed by atoms with Gasteiger partial charge in [-0.25, -0.2) is 4.98 Å². The molecule has 0 aromatic carbocycles. The molecule has 1 unspecified atom stereocenters. The molecule has 16 heavy (non-hydrogen) atoms. The first kappa shape index (κ1) is 12.4. The Hall–Kier alpha value is -0.0700. The van der Waals surface area contributed by atoms with Crippen molar-refractivity contribution in [1.82, 2.24) is 4.98 Å². The lowest BCUT2D eigenvalue weighted by Gasteiger charge is -2.16. The zero-order chi connectivity index (χ0) is 11.7. The average molecular weight is 366 g/mol. The molecule has 3 nitrogen and oxygen atoms in total. The van der Waals surface area contributed by atoms with E-state index < -0.39 is 0 Å². The minimum absolute atomic E-state index is 0.120. The molecule has 2 heterocycles. The molecule has 0 bridgehead atoms. The van der Waals surface area contributed by atoms with E-state index in [1.807, 2.05) is 6.07 Å². The van der Waals surface area contributed by atoms with Gasteiger partial charge in [0.05, 0.1) is 4.47 Å². The molecule has 0 N–H and O–H groups in total. The normalized spacial score (nSPS) is 20.6. The van der Waals surface area contributed by atoms with E-state index >= 15 is 0 Å². The quantitative estimate of drug-likeness (QED) is 0.817. The third-order valence-corrected chi connectivity index (χ3v) is 4.04. The van der Waals surface area contributed by atoms with Crippen LogP contribution in [0.3, 0.4) is 0 Å². The smallest absolute Gasteiger partial charge is 0.228 e. The van der Waals surface area contributed by atoms with Crippen molar-refractivity contribution in [3.8, 4) is 0 Å². The van der Waals surface area contributed by atoms with Crippen LogP contribution in [0.15, 0.2) is 21.2 Å². The highest BCUT2D eigenvalue weighted by atomic mass is 79.9. The Balaban J connectivity index is 2.28. The second-order valence-corrected chi connectivity index (χ2v) is 5.85. The predicted octanol–water partition coefficient (Wildman–Crippen LogP) is 2.89. The third-order valence-electron chi connectivity index (χ3n) is 2.51. The number of pyridine rings is 1. The van der Waals surface area contributed by atoms with Crippen LogP contribution in [0.4, 0.5) is 5.82 Å². The highest BCUT2D eigenvalue weighted by Gasteiger charge is 2.31. The Kier molecular flexibility index (Phi) is 3.92. The number of hydrogen-bond donors (Lipinski definition) is 1. The summed E-state index contributed by atoms with van der Waals surface area (Å²) in [6.07, 6.45) is 2.26. The van der Waals surface area contributed by atoms with Crippen molar-refractivity contribution >= 4 is 56.2 Å². The molecular weight excluding hydrogens is 356 g/mol. The van der Waals surface area contributed by atoms with Crippen LogP contribution in [0.1, 0.15) is 6.42 Å². The number of halogens is 2. The topological polar surface area (TPSA) is 33.2 Å². The number of carbonyl (C=O) groups is 1. The minimum atomic E-state index is 0.120. The van der Waals surface area contributed by atoms with Crippen LogP contribution in [-0.2, 0) is 4.79 Å². The van der Waals surface area contributed by atoms with Gasteiger partial charge in [-0.15, -0.1) is 0 Å². The molecule has 1 amide bonds. The van der Waals surface area contributed by atoms with Crippen molar-refractivity contribution in [2.45, 2.75) is 6.42 Å². The number of aromatic nitrogens is 1. The highest BCUT2D eigenvalue weighted by Crippen LogP contribution is 2.31. The van der Waals surface area contributed by atoms with Gasteiger partial charge < -0.3 is 0 Å². The van der Waals surface area contributed by atoms with Gasteiger partial charge >= 0.3 is 0 Å². The zero-order valence-corrected chi connectivity index (χ0v) is 12.4. The summed E-state index contributed by atoms with van der Waals surface area (Å²) in [5.74, 6) is 1.87. The van der Waals surface area contributed by atoms with Gasteiger partial charge in [0.15, 0.2) is 0 Å². The Bertz CT molecular complexity index is 427. The molecule has 0 spiro atoms. The number of amides is 1. The summed E-state index contributed by atoms with van der Waals surface area (Å²) in [6, 6.07) is 1.89. The van der Waals surface area contributed by atoms with Crippen molar-refractivity contribution in [2.24, 2.45) is 5.92 Å². The molecule has 1 aliphatic heterocycles. The number of hydrogen-bond acceptors (Lipinski definition) is 3. The van der Waals surface area contributed by atoms with Crippen LogP contribution in [-0.4, -0.2) is 23.2 Å². The van der Waals surface area contributed by atoms with Crippen LogP contribution in [0.25, 0.3) is 0 Å². The van der Waals surface area contributed by atoms with Crippen molar-refractivity contribution in [3.05, 3.63) is 21.2 Å². The standard InChI is InChI=1S/C10H10Br2N2OS/c11-7-2-8(12)10(13-3-7)14-4-6(5-16)1-9(14)15/h2-3,6,16H,1,4-5H2. The maximum Gasteiger partial charge on any atom is 0.228 e. The largest absolute Gasteiger partial charge is 0.296 e. The number of carbonyl (C=O) groups excluding carboxylic acids is 1. The summed E-state index contributed by atoms with van der Waals surface area (Å²) in [4.78, 5) is 17.8. The Morgan fingerprint density at radius 2 is 2.31 bits per heavy atom. The van der Waals surface area contributed by atoms with E-state index in [1.165, 1.54) is 0 Å². The summed E-state index contributed by atoms with van der Waals surface area (Å²) in [5, 5.41) is 0. The van der Waals surface area contributed by atoms with E-state index in [0.29, 0.717) is 24.7 Å². The number of thiol groups is 1. The first-order valence-corrected chi connectivity index (χ1v) is 7.06. The molecule has 0 radical (unpaired) electrons. The van der Waals surface area contributed by atoms with E-state index in [2.05, 4.69) is 49.5 Å². The molecule has 1 aromatic heterocycles. The monoisotopic (exact) mass is 364 g/mol. The van der Waals surface area contributed by atoms with Crippen molar-refractivity contribution in [2.75, 3.05) is 17.2 Å². The fraction of sp³-hybridized carbons (Fsp3) is 0.400. The first-order valence-electron chi connectivity index (χ1n) is 4.84. The van der Waals surface area contributed by atoms with E-state index in [4.69, 9.17) is 0 Å². The Morgan fingerprint density at radius 3 is 2.88 bits per heavy atom. The molecule has 2 rings (SSSR count). The van der Waals surface area contributed by atoms with Crippen LogP contribution >= 0.6 is 44.5 Å². The first-order chi connectivity index (χ1) is 7.61. The SMILES string of the molecule is O=C1CC(CS)CN1c1ncc(Br)cc1Br. The maximum atomic E-state index is 11.8. The molecule has 1 saturated heterocycles. The third kappa shape index (κ3) is 2.43. The van der Waals surface area contributed by atoms with E-state index in [0.717, 1.165) is 14.7 Å². The summed E-state index contributed by atoms with van der Waals surface area (Å²) in [5.41, 5.74) is 0. The van der Waals surface area contributed by atoms with E-state index in [9.17, 15) is 4.79 Å². The molecule has 0 saturated carbocycles. The van der Waals surface area contributed by atoms with Gasteiger partial charge in [-0.05, 0) is 49.6 Å². The van der Waals surface area contributed by atoms with E-state index in [-0.39, 0.29) is 5.91 Å². The Labute approximate surface area is 116 Å². The van der Waals surface area contributed by atoms with Gasteiger partial charge in [0.2, 0.25) is 5.91 Å². The van der Waals surface area contributed by atoms with Crippen LogP contribution < -0.4 is 4.90 Å². The molecular formula is C10H10Br2N2OS. The summed E-state index contributed by atoms with van der Waals surface area (Å²) in [7, 11) is 0. The Morgan fingerprint density at radius 1 is 1.56 bits per heavy atom. The van der Waals surface area contributed by atoms with Crippen LogP contribution in [0, 0.1) is 5.92 Å². The fourth-order valence-corrected chi connectivity index (χ4v) is 3.16. The molecule has 0 aliphatic carbocycles. The number of rotatable bonds is 2. The second kappa shape index (κ2) is 5.06. The van der Waals surface area contributed by atoms with Crippen molar-refractivity contribution < 1.29 is 4.79 Å². The second-order valence-electron chi connectivity index (χ2n) is 3.72. The lowest BCUT2D eigenvalue weighted by Crippen LogP contribution is -2.26.